The number of nitrogens with one attached hydrogen (secondary N) is 1. The van der Waals surface area contributed by atoms with Gasteiger partial charge in [-0.3, -0.25) is 0 Å². The molecule has 7 nitrogen and oxygen atoms in total. The first-order chi connectivity index (χ1) is 8.16. The molecule has 2 aromatic rings. The Kier molecular flexibility index (Phi) is 2.91. The summed E-state index contributed by atoms with van der Waals surface area (Å²) in [4.78, 5) is 21.7. The average Bonchev–Trinajstić information content (AvgIpc) is 2.73. The van der Waals surface area contributed by atoms with Crippen LogP contribution in [0.5, 0.6) is 0 Å². The molecule has 2 rings (SSSR count). The molecule has 0 aliphatic rings. The largest absolute Gasteiger partial charge is 0.445 e. The number of primary amides is 1. The maximum atomic E-state index is 11.3. The summed E-state index contributed by atoms with van der Waals surface area (Å²) in [6.07, 6.45) is 0.567. The summed E-state index contributed by atoms with van der Waals surface area (Å²) in [5, 5.41) is 5.91. The zero-order valence-corrected chi connectivity index (χ0v) is 8.79. The van der Waals surface area contributed by atoms with Crippen LogP contribution in [0.2, 0.25) is 0 Å². The Morgan fingerprint density at radius 1 is 1.41 bits per heavy atom. The molecule has 1 aromatic carbocycles. The molecular formula is C10H10N4O3. The minimum atomic E-state index is -0.819. The van der Waals surface area contributed by atoms with Crippen molar-refractivity contribution >= 4 is 6.09 Å². The number of hydrogen-bond donors (Lipinski definition) is 2. The van der Waals surface area contributed by atoms with Gasteiger partial charge in [0.05, 0.1) is 5.69 Å². The normalized spacial score (nSPS) is 10.1. The second-order valence-electron chi connectivity index (χ2n) is 3.31. The van der Waals surface area contributed by atoms with Crippen LogP contribution in [0.15, 0.2) is 35.4 Å². The monoisotopic (exact) mass is 234 g/mol. The number of carbonyl (C=O) groups excluding carboxylic acids is 1. The lowest BCUT2D eigenvalue weighted by atomic mass is 10.2. The van der Waals surface area contributed by atoms with Crippen LogP contribution in [0.25, 0.3) is 5.69 Å². The number of ether oxygens (including phenoxy) is 1. The quantitative estimate of drug-likeness (QED) is 0.789. The molecule has 0 saturated heterocycles. The van der Waals surface area contributed by atoms with Crippen LogP contribution in [0.4, 0.5) is 4.79 Å². The molecule has 1 amide bonds. The summed E-state index contributed by atoms with van der Waals surface area (Å²) in [6, 6.07) is 6.91. The molecule has 1 aromatic heterocycles. The maximum Gasteiger partial charge on any atom is 0.404 e. The van der Waals surface area contributed by atoms with E-state index in [1.165, 1.54) is 10.9 Å². The van der Waals surface area contributed by atoms with Gasteiger partial charge in [0.2, 0.25) is 0 Å². The SMILES string of the molecule is NC(=O)OCc1ccc(-n2cn[nH]c2=O)cc1. The van der Waals surface area contributed by atoms with E-state index in [0.29, 0.717) is 5.69 Å². The third-order valence-electron chi connectivity index (χ3n) is 2.15. The summed E-state index contributed by atoms with van der Waals surface area (Å²) in [5.41, 5.74) is 5.99. The van der Waals surface area contributed by atoms with Crippen molar-refractivity contribution in [3.63, 3.8) is 0 Å². The number of aromatic nitrogens is 3. The molecule has 7 heteroatoms. The highest BCUT2D eigenvalue weighted by molar-refractivity contribution is 5.64. The average molecular weight is 234 g/mol. The Bertz CT molecular complexity index is 570. The number of hydrogen-bond acceptors (Lipinski definition) is 4. The van der Waals surface area contributed by atoms with Crippen molar-refractivity contribution in [3.05, 3.63) is 46.6 Å². The van der Waals surface area contributed by atoms with E-state index in [9.17, 15) is 9.59 Å². The topological polar surface area (TPSA) is 103 Å². The highest BCUT2D eigenvalue weighted by atomic mass is 16.5. The number of nitrogens with two attached hydrogens (primary N) is 1. The van der Waals surface area contributed by atoms with Gasteiger partial charge in [-0.2, -0.15) is 5.10 Å². The molecule has 88 valence electrons. The number of aromatic amines is 1. The van der Waals surface area contributed by atoms with E-state index in [1.54, 1.807) is 24.3 Å². The number of carbonyl (C=O) groups is 1. The van der Waals surface area contributed by atoms with Crippen LogP contribution in [0.3, 0.4) is 0 Å². The summed E-state index contributed by atoms with van der Waals surface area (Å²) in [5.74, 6) is 0. The first-order valence-electron chi connectivity index (χ1n) is 4.80. The van der Waals surface area contributed by atoms with Gasteiger partial charge in [0.1, 0.15) is 12.9 Å². The van der Waals surface area contributed by atoms with E-state index in [-0.39, 0.29) is 12.3 Å². The predicted molar refractivity (Wildman–Crippen MR) is 58.6 cm³/mol. The van der Waals surface area contributed by atoms with Gasteiger partial charge in [-0.25, -0.2) is 19.3 Å². The van der Waals surface area contributed by atoms with E-state index in [4.69, 9.17) is 5.73 Å². The number of rotatable bonds is 3. The standard InChI is InChI=1S/C10H10N4O3/c11-9(15)17-5-7-1-3-8(4-2-7)14-6-12-13-10(14)16/h1-4,6H,5H2,(H2,11,15)(H,13,16). The van der Waals surface area contributed by atoms with Crippen LogP contribution >= 0.6 is 0 Å². The van der Waals surface area contributed by atoms with Crippen molar-refractivity contribution in [1.29, 1.82) is 0 Å². The second kappa shape index (κ2) is 4.52. The second-order valence-corrected chi connectivity index (χ2v) is 3.31. The summed E-state index contributed by atoms with van der Waals surface area (Å²) >= 11 is 0. The molecule has 1 heterocycles. The summed E-state index contributed by atoms with van der Waals surface area (Å²) in [7, 11) is 0. The fraction of sp³-hybridized carbons (Fsp3) is 0.100. The smallest absolute Gasteiger partial charge is 0.404 e. The van der Waals surface area contributed by atoms with E-state index in [1.807, 2.05) is 0 Å². The summed E-state index contributed by atoms with van der Waals surface area (Å²) < 4.78 is 5.99. The number of nitrogens with zero attached hydrogens (tertiary/aromatic N) is 2. The van der Waals surface area contributed by atoms with Crippen LogP contribution in [-0.2, 0) is 11.3 Å². The van der Waals surface area contributed by atoms with Crippen LogP contribution in [0, 0.1) is 0 Å². The van der Waals surface area contributed by atoms with Gasteiger partial charge in [0.15, 0.2) is 0 Å². The minimum absolute atomic E-state index is 0.107. The van der Waals surface area contributed by atoms with Crippen molar-refractivity contribution in [3.8, 4) is 5.69 Å². The Hall–Kier alpha value is -2.57. The fourth-order valence-electron chi connectivity index (χ4n) is 1.34. The van der Waals surface area contributed by atoms with Gasteiger partial charge < -0.3 is 10.5 Å². The highest BCUT2D eigenvalue weighted by Crippen LogP contribution is 2.08. The zero-order valence-electron chi connectivity index (χ0n) is 8.79. The first kappa shape index (κ1) is 10.9. The Balaban J connectivity index is 2.16. The third-order valence-corrected chi connectivity index (χ3v) is 2.15. The predicted octanol–water partition coefficient (Wildman–Crippen LogP) is 0.156. The van der Waals surface area contributed by atoms with Gasteiger partial charge in [-0.05, 0) is 17.7 Å². The van der Waals surface area contributed by atoms with Crippen molar-refractivity contribution in [2.45, 2.75) is 6.61 Å². The van der Waals surface area contributed by atoms with Gasteiger partial charge in [-0.15, -0.1) is 0 Å². The van der Waals surface area contributed by atoms with Gasteiger partial charge in [-0.1, -0.05) is 12.1 Å². The molecule has 0 aliphatic heterocycles. The molecule has 0 aliphatic carbocycles. The van der Waals surface area contributed by atoms with E-state index >= 15 is 0 Å². The third kappa shape index (κ3) is 2.51. The number of amides is 1. The van der Waals surface area contributed by atoms with Crippen LogP contribution < -0.4 is 11.4 Å². The van der Waals surface area contributed by atoms with Crippen molar-refractivity contribution < 1.29 is 9.53 Å². The fourth-order valence-corrected chi connectivity index (χ4v) is 1.34. The lowest BCUT2D eigenvalue weighted by Gasteiger charge is -2.03. The molecule has 0 unspecified atom stereocenters. The molecule has 3 N–H and O–H groups in total. The Morgan fingerprint density at radius 3 is 2.65 bits per heavy atom. The molecule has 0 bridgehead atoms. The first-order valence-corrected chi connectivity index (χ1v) is 4.80. The van der Waals surface area contributed by atoms with Gasteiger partial charge in [0.25, 0.3) is 0 Å². The highest BCUT2D eigenvalue weighted by Gasteiger charge is 2.01. The zero-order chi connectivity index (χ0) is 12.3. The Morgan fingerprint density at radius 2 is 2.12 bits per heavy atom. The van der Waals surface area contributed by atoms with Crippen molar-refractivity contribution in [2.24, 2.45) is 5.73 Å². The Labute approximate surface area is 95.8 Å². The molecular weight excluding hydrogens is 224 g/mol. The van der Waals surface area contributed by atoms with Crippen LogP contribution in [-0.4, -0.2) is 20.9 Å². The lowest BCUT2D eigenvalue weighted by molar-refractivity contribution is 0.150. The molecule has 0 saturated carbocycles. The molecule has 0 radical (unpaired) electrons. The van der Waals surface area contributed by atoms with Gasteiger partial charge >= 0.3 is 11.8 Å². The van der Waals surface area contributed by atoms with E-state index in [2.05, 4.69) is 14.9 Å². The molecule has 0 atom stereocenters. The molecule has 17 heavy (non-hydrogen) atoms. The van der Waals surface area contributed by atoms with E-state index in [0.717, 1.165) is 5.56 Å². The van der Waals surface area contributed by atoms with E-state index < -0.39 is 6.09 Å². The van der Waals surface area contributed by atoms with Gasteiger partial charge in [0, 0.05) is 0 Å². The van der Waals surface area contributed by atoms with Crippen molar-refractivity contribution in [2.75, 3.05) is 0 Å². The van der Waals surface area contributed by atoms with Crippen molar-refractivity contribution in [1.82, 2.24) is 14.8 Å². The number of benzene rings is 1. The molecule has 0 spiro atoms. The maximum absolute atomic E-state index is 11.3. The molecule has 0 fully saturated rings. The minimum Gasteiger partial charge on any atom is -0.445 e. The number of H-pyrrole nitrogens is 1. The summed E-state index contributed by atoms with van der Waals surface area (Å²) in [6.45, 7) is 0.107. The van der Waals surface area contributed by atoms with Crippen LogP contribution in [0.1, 0.15) is 5.56 Å². The lowest BCUT2D eigenvalue weighted by Crippen LogP contribution is -2.14.